The average molecular weight is 464 g/mol. The zero-order chi connectivity index (χ0) is 24.2. The molecule has 10 nitrogen and oxygen atoms in total. The minimum atomic E-state index is -1.16. The summed E-state index contributed by atoms with van der Waals surface area (Å²) >= 11 is 0. The van der Waals surface area contributed by atoms with E-state index < -0.39 is 22.9 Å². The molecule has 0 spiro atoms. The van der Waals surface area contributed by atoms with Gasteiger partial charge >= 0.3 is 5.97 Å². The predicted molar refractivity (Wildman–Crippen MR) is 125 cm³/mol. The molecule has 1 aliphatic rings. The summed E-state index contributed by atoms with van der Waals surface area (Å²) in [5.74, 6) is -0.656. The first-order valence-electron chi connectivity index (χ1n) is 11.1. The summed E-state index contributed by atoms with van der Waals surface area (Å²) in [6.45, 7) is 2.04. The molecule has 0 fully saturated rings. The summed E-state index contributed by atoms with van der Waals surface area (Å²) in [6.07, 6.45) is 3.61. The number of esters is 1. The van der Waals surface area contributed by atoms with Crippen LogP contribution in [0.5, 0.6) is 0 Å². The fraction of sp³-hybridized carbons (Fsp3) is 0.333. The first-order valence-corrected chi connectivity index (χ1v) is 11.1. The summed E-state index contributed by atoms with van der Waals surface area (Å²) < 4.78 is 7.00. The van der Waals surface area contributed by atoms with Gasteiger partial charge in [0.1, 0.15) is 5.82 Å². The number of fused-ring (bicyclic) bond motifs is 2. The van der Waals surface area contributed by atoms with Gasteiger partial charge in [0.2, 0.25) is 0 Å². The van der Waals surface area contributed by atoms with E-state index in [1.54, 1.807) is 10.6 Å². The van der Waals surface area contributed by atoms with Gasteiger partial charge in [-0.05, 0) is 44.0 Å². The van der Waals surface area contributed by atoms with E-state index in [1.165, 1.54) is 43.3 Å². The largest absolute Gasteiger partial charge is 0.449 e. The Kier molecular flexibility index (Phi) is 6.67. The van der Waals surface area contributed by atoms with E-state index >= 15 is 0 Å². The molecule has 2 heterocycles. The molecule has 0 radical (unpaired) electrons. The lowest BCUT2D eigenvalue weighted by atomic mass is 10.1. The molecule has 1 aliphatic heterocycles. The van der Waals surface area contributed by atoms with Crippen molar-refractivity contribution >= 4 is 34.2 Å². The lowest BCUT2D eigenvalue weighted by Gasteiger charge is -2.17. The molecule has 3 aromatic rings. The predicted octanol–water partition coefficient (Wildman–Crippen LogP) is 3.61. The minimum absolute atomic E-state index is 0.119. The molecule has 34 heavy (non-hydrogen) atoms. The molecular formula is C24H24N4O6. The zero-order valence-electron chi connectivity index (χ0n) is 18.7. The fourth-order valence-corrected chi connectivity index (χ4v) is 3.95. The van der Waals surface area contributed by atoms with E-state index in [-0.39, 0.29) is 22.5 Å². The van der Waals surface area contributed by atoms with Gasteiger partial charge in [-0.2, -0.15) is 0 Å². The highest BCUT2D eigenvalue weighted by Gasteiger charge is 2.21. The van der Waals surface area contributed by atoms with Crippen molar-refractivity contribution < 1.29 is 19.2 Å². The van der Waals surface area contributed by atoms with Crippen LogP contribution in [0.3, 0.4) is 0 Å². The highest BCUT2D eigenvalue weighted by Crippen LogP contribution is 2.19. The monoisotopic (exact) mass is 464 g/mol. The van der Waals surface area contributed by atoms with Crippen molar-refractivity contribution in [3.63, 3.8) is 0 Å². The number of nitrogens with one attached hydrogen (secondary N) is 1. The van der Waals surface area contributed by atoms with Gasteiger partial charge in [-0.15, -0.1) is 0 Å². The van der Waals surface area contributed by atoms with Crippen molar-refractivity contribution in [3.05, 3.63) is 74.3 Å². The first kappa shape index (κ1) is 23.1. The number of nitro groups is 1. The number of hydrogen-bond donors (Lipinski definition) is 1. The lowest BCUT2D eigenvalue weighted by molar-refractivity contribution is -0.384. The Bertz CT molecular complexity index is 1330. The van der Waals surface area contributed by atoms with Gasteiger partial charge in [0, 0.05) is 30.8 Å². The van der Waals surface area contributed by atoms with Crippen LogP contribution in [-0.2, 0) is 22.5 Å². The van der Waals surface area contributed by atoms with E-state index in [0.717, 1.165) is 25.7 Å². The highest BCUT2D eigenvalue weighted by atomic mass is 16.6. The number of carbonyl (C=O) groups is 2. The van der Waals surface area contributed by atoms with Crippen LogP contribution in [0.25, 0.3) is 10.9 Å². The van der Waals surface area contributed by atoms with E-state index in [4.69, 9.17) is 4.74 Å². The summed E-state index contributed by atoms with van der Waals surface area (Å²) in [7, 11) is 0. The molecule has 176 valence electrons. The van der Waals surface area contributed by atoms with Crippen LogP contribution in [0.2, 0.25) is 0 Å². The number of amides is 1. The Morgan fingerprint density at radius 1 is 1.15 bits per heavy atom. The van der Waals surface area contributed by atoms with Gasteiger partial charge < -0.3 is 10.1 Å². The maximum Gasteiger partial charge on any atom is 0.338 e. The number of anilines is 1. The maximum atomic E-state index is 12.9. The van der Waals surface area contributed by atoms with Gasteiger partial charge in [-0.1, -0.05) is 18.9 Å². The van der Waals surface area contributed by atoms with Crippen molar-refractivity contribution in [2.45, 2.75) is 51.7 Å². The number of nitro benzene ring substituents is 1. The molecule has 0 saturated heterocycles. The fourth-order valence-electron chi connectivity index (χ4n) is 3.95. The second-order valence-corrected chi connectivity index (χ2v) is 8.23. The average Bonchev–Trinajstić information content (AvgIpc) is 2.80. The van der Waals surface area contributed by atoms with Crippen LogP contribution in [0.4, 0.5) is 11.4 Å². The molecular weight excluding hydrogens is 440 g/mol. The van der Waals surface area contributed by atoms with E-state index in [9.17, 15) is 24.5 Å². The number of rotatable bonds is 5. The zero-order valence-corrected chi connectivity index (χ0v) is 18.7. The molecule has 1 N–H and O–H groups in total. The number of aromatic nitrogens is 2. The smallest absolute Gasteiger partial charge is 0.338 e. The van der Waals surface area contributed by atoms with Crippen molar-refractivity contribution in [1.82, 2.24) is 9.55 Å². The van der Waals surface area contributed by atoms with Gasteiger partial charge in [-0.25, -0.2) is 9.78 Å². The van der Waals surface area contributed by atoms with Gasteiger partial charge in [0.05, 0.1) is 21.4 Å². The molecule has 1 aromatic heterocycles. The molecule has 0 saturated carbocycles. The number of ether oxygens (including phenoxy) is 1. The van der Waals surface area contributed by atoms with Crippen molar-refractivity contribution in [2.24, 2.45) is 0 Å². The minimum Gasteiger partial charge on any atom is -0.449 e. The molecule has 0 aliphatic carbocycles. The quantitative estimate of drug-likeness (QED) is 0.346. The number of nitrogens with zero attached hydrogens (tertiary/aromatic N) is 3. The van der Waals surface area contributed by atoms with E-state index in [1.807, 2.05) is 0 Å². The van der Waals surface area contributed by atoms with Crippen LogP contribution < -0.4 is 10.9 Å². The normalized spacial score (nSPS) is 14.4. The standard InChI is InChI=1S/C24H24N4O6/c1-15(22(29)25-17-7-6-8-18(14-17)28(32)33)34-24(31)16-10-11-19-20(13-16)26-21-9-4-2-3-5-12-27(21)23(19)30/h6-8,10-11,13-15H,2-5,9,12H2,1H3,(H,25,29). The van der Waals surface area contributed by atoms with Gasteiger partial charge in [0.25, 0.3) is 17.2 Å². The van der Waals surface area contributed by atoms with Gasteiger partial charge in [0.15, 0.2) is 6.10 Å². The van der Waals surface area contributed by atoms with Gasteiger partial charge in [-0.3, -0.25) is 24.3 Å². The summed E-state index contributed by atoms with van der Waals surface area (Å²) in [6, 6.07) is 10.00. The van der Waals surface area contributed by atoms with Crippen molar-refractivity contribution in [1.29, 1.82) is 0 Å². The Hall–Kier alpha value is -4.08. The first-order chi connectivity index (χ1) is 16.3. The van der Waals surface area contributed by atoms with Crippen LogP contribution >= 0.6 is 0 Å². The molecule has 10 heteroatoms. The SMILES string of the molecule is CC(OC(=O)c1ccc2c(=O)n3c(nc2c1)CCCCCC3)C(=O)Nc1cccc([N+](=O)[O-])c1. The molecule has 1 unspecified atom stereocenters. The Morgan fingerprint density at radius 2 is 1.94 bits per heavy atom. The van der Waals surface area contributed by atoms with Crippen LogP contribution in [0.15, 0.2) is 47.3 Å². The Morgan fingerprint density at radius 3 is 2.74 bits per heavy atom. The third-order valence-corrected chi connectivity index (χ3v) is 5.78. The summed E-state index contributed by atoms with van der Waals surface area (Å²) in [4.78, 5) is 53.0. The number of aryl methyl sites for hydroxylation is 1. The Labute approximate surface area is 194 Å². The topological polar surface area (TPSA) is 133 Å². The van der Waals surface area contributed by atoms with Crippen LogP contribution in [-0.4, -0.2) is 32.5 Å². The van der Waals surface area contributed by atoms with Crippen LogP contribution in [0.1, 0.15) is 48.8 Å². The number of non-ortho nitro benzene ring substituents is 1. The molecule has 1 atom stereocenters. The number of carbonyl (C=O) groups excluding carboxylic acids is 2. The number of hydrogen-bond acceptors (Lipinski definition) is 7. The lowest BCUT2D eigenvalue weighted by Crippen LogP contribution is -2.30. The molecule has 2 aromatic carbocycles. The Balaban J connectivity index is 1.50. The summed E-state index contributed by atoms with van der Waals surface area (Å²) in [5, 5.41) is 13.8. The summed E-state index contributed by atoms with van der Waals surface area (Å²) in [5.41, 5.74) is 0.515. The molecule has 4 rings (SSSR count). The van der Waals surface area contributed by atoms with Crippen molar-refractivity contribution in [2.75, 3.05) is 5.32 Å². The highest BCUT2D eigenvalue weighted by molar-refractivity contribution is 5.98. The second-order valence-electron chi connectivity index (χ2n) is 8.23. The number of benzene rings is 2. The van der Waals surface area contributed by atoms with E-state index in [0.29, 0.717) is 29.7 Å². The third-order valence-electron chi connectivity index (χ3n) is 5.78. The third kappa shape index (κ3) is 4.95. The molecule has 1 amide bonds. The van der Waals surface area contributed by atoms with Crippen LogP contribution in [0, 0.1) is 10.1 Å². The van der Waals surface area contributed by atoms with Crippen molar-refractivity contribution in [3.8, 4) is 0 Å². The second kappa shape index (κ2) is 9.82. The maximum absolute atomic E-state index is 12.9. The molecule has 0 bridgehead atoms. The van der Waals surface area contributed by atoms with E-state index in [2.05, 4.69) is 10.3 Å².